The van der Waals surface area contributed by atoms with E-state index in [1.54, 1.807) is 0 Å². The first-order valence-corrected chi connectivity index (χ1v) is 16.2. The van der Waals surface area contributed by atoms with Gasteiger partial charge in [0.05, 0.1) is 9.85 Å². The minimum Gasteiger partial charge on any atom is -0.490 e. The van der Waals surface area contributed by atoms with Crippen LogP contribution in [0.5, 0.6) is 11.5 Å². The summed E-state index contributed by atoms with van der Waals surface area (Å²) in [5.74, 6) is -14.2. The van der Waals surface area contributed by atoms with E-state index in [1.807, 2.05) is 10.6 Å². The number of nitrogens with zero attached hydrogens (tertiary/aromatic N) is 2. The van der Waals surface area contributed by atoms with Crippen molar-refractivity contribution in [3.8, 4) is 11.5 Å². The second-order valence-electron chi connectivity index (χ2n) is 12.8. The Balaban J connectivity index is 0.000000327. The second-order valence-corrected chi connectivity index (χ2v) is 12.8. The molecule has 0 aromatic heterocycles. The Morgan fingerprint density at radius 2 is 1.05 bits per heavy atom. The van der Waals surface area contributed by atoms with Crippen LogP contribution in [-0.4, -0.2) is 56.3 Å². The summed E-state index contributed by atoms with van der Waals surface area (Å²) in [5, 5.41) is 45.7. The Bertz CT molecular complexity index is 2330. The summed E-state index contributed by atoms with van der Waals surface area (Å²) in [6.07, 6.45) is -10.2. The van der Waals surface area contributed by atoms with Crippen LogP contribution in [0.15, 0.2) is 54.6 Å². The number of ether oxygens (including phenoxy) is 2. The van der Waals surface area contributed by atoms with Crippen LogP contribution in [0.4, 0.5) is 75.4 Å². The molecule has 0 radical (unpaired) electrons. The molecule has 330 valence electrons. The van der Waals surface area contributed by atoms with Crippen molar-refractivity contribution in [2.75, 3.05) is 23.8 Å². The number of aliphatic hydroxyl groups is 2. The van der Waals surface area contributed by atoms with Gasteiger partial charge in [-0.1, -0.05) is 0 Å². The normalized spacial score (nSPS) is 13.5. The maximum atomic E-state index is 14.0. The number of rotatable bonds is 12. The number of anilines is 2. The van der Waals surface area contributed by atoms with Gasteiger partial charge >= 0.3 is 12.4 Å². The summed E-state index contributed by atoms with van der Waals surface area (Å²) in [5.41, 5.74) is -12.7. The molecule has 4 rings (SSSR count). The third kappa shape index (κ3) is 12.0. The molecule has 0 unspecified atom stereocenters. The van der Waals surface area contributed by atoms with E-state index < -0.39 is 139 Å². The van der Waals surface area contributed by atoms with Gasteiger partial charge in [-0.15, -0.1) is 0 Å². The van der Waals surface area contributed by atoms with Crippen molar-refractivity contribution >= 4 is 34.6 Å². The van der Waals surface area contributed by atoms with Crippen LogP contribution in [0.1, 0.15) is 30.5 Å². The third-order valence-electron chi connectivity index (χ3n) is 7.84. The lowest BCUT2D eigenvalue weighted by Crippen LogP contribution is -2.45. The molecule has 0 aliphatic heterocycles. The minimum atomic E-state index is -5.14. The zero-order valence-electron chi connectivity index (χ0n) is 30.7. The average Bonchev–Trinajstić information content (AvgIpc) is 3.16. The molecular formula is C35H26F12N4O10. The van der Waals surface area contributed by atoms with Gasteiger partial charge in [0.1, 0.15) is 30.1 Å². The summed E-state index contributed by atoms with van der Waals surface area (Å²) in [6, 6.07) is 5.71. The molecular weight excluding hydrogens is 864 g/mol. The standard InChI is InChI=1S/C18H13F7N2O5.C17H13F5N2O5/c1-7-11(19)13(21)14(22)15(12(7)20)32-6-17(2,29)16(28)26-8-3-4-10(27(30)31)9(5-8)18(23,24)25;1-16(26,8-29-10-3-4-12(18)13(19)7-10)15(25)23-9-2-5-14(24(27)28)11(6-9)17(20,21)22/h3-5,29H,6H2,1-2H3,(H,26,28);2-7,26H,8H2,1H3,(H,23,25)/t17-;16-/m11/s1. The maximum Gasteiger partial charge on any atom is 0.423 e. The van der Waals surface area contributed by atoms with Crippen LogP contribution in [-0.2, 0) is 21.9 Å². The van der Waals surface area contributed by atoms with Crippen molar-refractivity contribution in [3.05, 3.63) is 126 Å². The van der Waals surface area contributed by atoms with Gasteiger partial charge in [-0.2, -0.15) is 30.7 Å². The van der Waals surface area contributed by atoms with Gasteiger partial charge < -0.3 is 30.3 Å². The lowest BCUT2D eigenvalue weighted by atomic mass is 10.1. The number of amides is 2. The molecule has 26 heteroatoms. The predicted octanol–water partition coefficient (Wildman–Crippen LogP) is 7.91. The van der Waals surface area contributed by atoms with Crippen LogP contribution in [0.2, 0.25) is 0 Å². The van der Waals surface area contributed by atoms with E-state index in [9.17, 15) is 92.7 Å². The molecule has 0 bridgehead atoms. The highest BCUT2D eigenvalue weighted by atomic mass is 19.4. The lowest BCUT2D eigenvalue weighted by Gasteiger charge is -2.23. The average molecular weight is 891 g/mol. The van der Waals surface area contributed by atoms with Crippen molar-refractivity contribution in [2.24, 2.45) is 0 Å². The van der Waals surface area contributed by atoms with E-state index >= 15 is 0 Å². The Morgan fingerprint density at radius 1 is 0.623 bits per heavy atom. The zero-order valence-corrected chi connectivity index (χ0v) is 30.7. The highest BCUT2D eigenvalue weighted by Crippen LogP contribution is 2.39. The summed E-state index contributed by atoms with van der Waals surface area (Å²) in [6.45, 7) is 0.524. The van der Waals surface area contributed by atoms with E-state index in [4.69, 9.17) is 4.74 Å². The molecule has 61 heavy (non-hydrogen) atoms. The number of hydrogen-bond acceptors (Lipinski definition) is 10. The first kappa shape index (κ1) is 48.7. The number of nitrogens with one attached hydrogen (secondary N) is 2. The molecule has 4 N–H and O–H groups in total. The molecule has 0 fully saturated rings. The number of carbonyl (C=O) groups excluding carboxylic acids is 2. The fourth-order valence-corrected chi connectivity index (χ4v) is 4.52. The maximum absolute atomic E-state index is 14.0. The van der Waals surface area contributed by atoms with Crippen LogP contribution < -0.4 is 20.1 Å². The number of alkyl halides is 6. The number of benzene rings is 4. The van der Waals surface area contributed by atoms with E-state index in [2.05, 4.69) is 4.74 Å². The molecule has 2 atom stereocenters. The molecule has 0 spiro atoms. The van der Waals surface area contributed by atoms with Gasteiger partial charge in [-0.25, -0.2) is 22.0 Å². The Labute approximate surface area is 332 Å². The van der Waals surface area contributed by atoms with Gasteiger partial charge in [-0.3, -0.25) is 29.8 Å². The van der Waals surface area contributed by atoms with E-state index in [0.29, 0.717) is 24.3 Å². The Hall–Kier alpha value is -6.70. The van der Waals surface area contributed by atoms with E-state index in [0.717, 1.165) is 45.0 Å². The molecule has 0 aliphatic rings. The van der Waals surface area contributed by atoms with Gasteiger partial charge in [0.2, 0.25) is 5.82 Å². The summed E-state index contributed by atoms with van der Waals surface area (Å²) in [4.78, 5) is 43.4. The molecule has 14 nitrogen and oxygen atoms in total. The number of nitro groups is 2. The van der Waals surface area contributed by atoms with Crippen LogP contribution in [0.3, 0.4) is 0 Å². The van der Waals surface area contributed by atoms with E-state index in [-0.39, 0.29) is 11.8 Å². The SMILES string of the molecule is C[C@@](O)(COc1ccc(F)c(F)c1)C(=O)Nc1ccc([N+](=O)[O-])c(C(F)(F)F)c1.Cc1c(F)c(F)c(F)c(OC[C@@](C)(O)C(=O)Nc2ccc([N+](=O)[O-])c(C(F)(F)F)c2)c1F. The van der Waals surface area contributed by atoms with Crippen molar-refractivity contribution in [1.29, 1.82) is 0 Å². The monoisotopic (exact) mass is 890 g/mol. The number of nitro benzene ring substituents is 2. The fourth-order valence-electron chi connectivity index (χ4n) is 4.52. The largest absolute Gasteiger partial charge is 0.490 e. The van der Waals surface area contributed by atoms with Gasteiger partial charge in [-0.05, 0) is 57.2 Å². The van der Waals surface area contributed by atoms with Gasteiger partial charge in [0.15, 0.2) is 46.0 Å². The number of hydrogen-bond donors (Lipinski definition) is 4. The van der Waals surface area contributed by atoms with Crippen molar-refractivity contribution in [1.82, 2.24) is 0 Å². The Morgan fingerprint density at radius 3 is 1.44 bits per heavy atom. The highest BCUT2D eigenvalue weighted by Gasteiger charge is 2.41. The number of halogens is 12. The molecule has 0 saturated heterocycles. The molecule has 0 aliphatic carbocycles. The number of carbonyl (C=O) groups is 2. The van der Waals surface area contributed by atoms with E-state index in [1.165, 1.54) is 0 Å². The molecule has 4 aromatic carbocycles. The minimum absolute atomic E-state index is 0.202. The van der Waals surface area contributed by atoms with Crippen molar-refractivity contribution in [2.45, 2.75) is 44.3 Å². The summed E-state index contributed by atoms with van der Waals surface area (Å²) >= 11 is 0. The van der Waals surface area contributed by atoms with Crippen molar-refractivity contribution in [3.63, 3.8) is 0 Å². The molecule has 0 saturated carbocycles. The smallest absolute Gasteiger partial charge is 0.423 e. The lowest BCUT2D eigenvalue weighted by molar-refractivity contribution is -0.388. The van der Waals surface area contributed by atoms with Crippen molar-refractivity contribution < 1.29 is 91.8 Å². The summed E-state index contributed by atoms with van der Waals surface area (Å²) in [7, 11) is 0. The zero-order chi connectivity index (χ0) is 46.6. The van der Waals surface area contributed by atoms with Crippen LogP contribution >= 0.6 is 0 Å². The Kier molecular flexibility index (Phi) is 14.6. The fraction of sp³-hybridized carbons (Fsp3) is 0.257. The molecule has 0 heterocycles. The predicted molar refractivity (Wildman–Crippen MR) is 183 cm³/mol. The first-order valence-electron chi connectivity index (χ1n) is 16.2. The van der Waals surface area contributed by atoms with Crippen LogP contribution in [0, 0.1) is 62.1 Å². The molecule has 2 amide bonds. The quantitative estimate of drug-likeness (QED) is 0.0356. The highest BCUT2D eigenvalue weighted by molar-refractivity contribution is 5.97. The molecule has 4 aromatic rings. The second kappa shape index (κ2) is 18.3. The topological polar surface area (TPSA) is 203 Å². The summed E-state index contributed by atoms with van der Waals surface area (Å²) < 4.78 is 168. The third-order valence-corrected chi connectivity index (χ3v) is 7.84. The van der Waals surface area contributed by atoms with Gasteiger partial charge in [0.25, 0.3) is 23.2 Å². The first-order chi connectivity index (χ1) is 27.9. The van der Waals surface area contributed by atoms with Gasteiger partial charge in [0, 0.05) is 35.1 Å². The van der Waals surface area contributed by atoms with Crippen LogP contribution in [0.25, 0.3) is 0 Å².